The molecule has 0 spiro atoms. The molecule has 1 aliphatic rings. The highest BCUT2D eigenvalue weighted by molar-refractivity contribution is 6.39. The SMILES string of the molecule is O=C(NCCC1=CCCCC1)C(=O)Nc1ccc(Oc2ccccc2)cc1. The van der Waals surface area contributed by atoms with Gasteiger partial charge in [-0.25, -0.2) is 0 Å². The lowest BCUT2D eigenvalue weighted by atomic mass is 9.97. The van der Waals surface area contributed by atoms with E-state index in [1.54, 1.807) is 24.3 Å². The zero-order valence-electron chi connectivity index (χ0n) is 15.2. The number of para-hydroxylation sites is 1. The molecule has 140 valence electrons. The van der Waals surface area contributed by atoms with E-state index in [0.717, 1.165) is 25.0 Å². The molecule has 2 N–H and O–H groups in total. The van der Waals surface area contributed by atoms with Crippen molar-refractivity contribution in [3.63, 3.8) is 0 Å². The molecule has 0 radical (unpaired) electrons. The number of anilines is 1. The summed E-state index contributed by atoms with van der Waals surface area (Å²) in [7, 11) is 0. The molecule has 27 heavy (non-hydrogen) atoms. The minimum absolute atomic E-state index is 0.488. The zero-order valence-corrected chi connectivity index (χ0v) is 15.2. The summed E-state index contributed by atoms with van der Waals surface area (Å²) in [6.45, 7) is 0.488. The number of amides is 2. The van der Waals surface area contributed by atoms with Crippen LogP contribution in [0.3, 0.4) is 0 Å². The van der Waals surface area contributed by atoms with Gasteiger partial charge in [0.1, 0.15) is 11.5 Å². The highest BCUT2D eigenvalue weighted by Gasteiger charge is 2.13. The van der Waals surface area contributed by atoms with Crippen molar-refractivity contribution in [3.8, 4) is 11.5 Å². The van der Waals surface area contributed by atoms with Crippen LogP contribution < -0.4 is 15.4 Å². The van der Waals surface area contributed by atoms with Gasteiger partial charge in [-0.2, -0.15) is 0 Å². The Balaban J connectivity index is 1.44. The van der Waals surface area contributed by atoms with Crippen LogP contribution in [0.15, 0.2) is 66.2 Å². The van der Waals surface area contributed by atoms with Crippen LogP contribution in [0, 0.1) is 0 Å². The van der Waals surface area contributed by atoms with Crippen molar-refractivity contribution in [1.82, 2.24) is 5.32 Å². The third-order valence-corrected chi connectivity index (χ3v) is 4.41. The molecule has 0 atom stereocenters. The van der Waals surface area contributed by atoms with Crippen molar-refractivity contribution in [2.24, 2.45) is 0 Å². The second kappa shape index (κ2) is 9.57. The maximum absolute atomic E-state index is 12.0. The molecule has 2 aromatic carbocycles. The van der Waals surface area contributed by atoms with Crippen molar-refractivity contribution >= 4 is 17.5 Å². The van der Waals surface area contributed by atoms with Crippen LogP contribution in [0.4, 0.5) is 5.69 Å². The van der Waals surface area contributed by atoms with Gasteiger partial charge in [0.05, 0.1) is 0 Å². The van der Waals surface area contributed by atoms with E-state index in [9.17, 15) is 9.59 Å². The van der Waals surface area contributed by atoms with Gasteiger partial charge in [0.2, 0.25) is 0 Å². The predicted molar refractivity (Wildman–Crippen MR) is 106 cm³/mol. The molecule has 0 saturated carbocycles. The number of allylic oxidation sites excluding steroid dienone is 1. The number of hydrogen-bond donors (Lipinski definition) is 2. The summed E-state index contributed by atoms with van der Waals surface area (Å²) in [5.74, 6) is 0.117. The number of nitrogens with one attached hydrogen (secondary N) is 2. The average molecular weight is 364 g/mol. The molecule has 0 aliphatic heterocycles. The fraction of sp³-hybridized carbons (Fsp3) is 0.273. The monoisotopic (exact) mass is 364 g/mol. The maximum Gasteiger partial charge on any atom is 0.313 e. The van der Waals surface area contributed by atoms with Gasteiger partial charge in [-0.1, -0.05) is 29.8 Å². The standard InChI is InChI=1S/C22H24N2O3/c25-21(23-16-15-17-7-3-1-4-8-17)22(26)24-18-11-13-20(14-12-18)27-19-9-5-2-6-10-19/h2,5-7,9-14H,1,3-4,8,15-16H2,(H,23,25)(H,24,26). The summed E-state index contributed by atoms with van der Waals surface area (Å²) in [5, 5.41) is 5.28. The third-order valence-electron chi connectivity index (χ3n) is 4.41. The number of hydrogen-bond acceptors (Lipinski definition) is 3. The predicted octanol–water partition coefficient (Wildman–Crippen LogP) is 4.42. The molecular formula is C22H24N2O3. The highest BCUT2D eigenvalue weighted by Crippen LogP contribution is 2.22. The molecule has 0 unspecified atom stereocenters. The third kappa shape index (κ3) is 5.99. The molecule has 0 bridgehead atoms. The Hall–Kier alpha value is -3.08. The fourth-order valence-electron chi connectivity index (χ4n) is 2.97. The molecule has 2 amide bonds. The molecule has 0 heterocycles. The number of carbonyl (C=O) groups is 2. The molecule has 0 saturated heterocycles. The fourth-order valence-corrected chi connectivity index (χ4v) is 2.97. The lowest BCUT2D eigenvalue weighted by Gasteiger charge is -2.13. The number of rotatable bonds is 6. The van der Waals surface area contributed by atoms with Crippen LogP contribution in [0.1, 0.15) is 32.1 Å². The van der Waals surface area contributed by atoms with Gasteiger partial charge in [-0.3, -0.25) is 9.59 Å². The van der Waals surface area contributed by atoms with E-state index in [2.05, 4.69) is 16.7 Å². The molecule has 5 heteroatoms. The Morgan fingerprint density at radius 2 is 1.63 bits per heavy atom. The van der Waals surface area contributed by atoms with Gasteiger partial charge >= 0.3 is 11.8 Å². The summed E-state index contributed by atoms with van der Waals surface area (Å²) in [4.78, 5) is 23.9. The topological polar surface area (TPSA) is 67.4 Å². The van der Waals surface area contributed by atoms with Crippen molar-refractivity contribution in [3.05, 3.63) is 66.2 Å². The Labute approximate surface area is 159 Å². The van der Waals surface area contributed by atoms with E-state index < -0.39 is 11.8 Å². The summed E-state index contributed by atoms with van der Waals surface area (Å²) in [6, 6.07) is 16.3. The maximum atomic E-state index is 12.0. The van der Waals surface area contributed by atoms with Crippen LogP contribution in [-0.4, -0.2) is 18.4 Å². The van der Waals surface area contributed by atoms with Crippen molar-refractivity contribution in [2.45, 2.75) is 32.1 Å². The minimum atomic E-state index is -0.663. The normalized spacial score (nSPS) is 13.4. The zero-order chi connectivity index (χ0) is 18.9. The average Bonchev–Trinajstić information content (AvgIpc) is 2.71. The van der Waals surface area contributed by atoms with E-state index in [1.807, 2.05) is 30.3 Å². The Bertz CT molecular complexity index is 798. The Kier molecular flexibility index (Phi) is 6.63. The second-order valence-corrected chi connectivity index (χ2v) is 6.51. The quantitative estimate of drug-likeness (QED) is 0.589. The molecule has 1 aliphatic carbocycles. The van der Waals surface area contributed by atoms with Crippen molar-refractivity contribution in [2.75, 3.05) is 11.9 Å². The second-order valence-electron chi connectivity index (χ2n) is 6.51. The molecule has 3 rings (SSSR count). The van der Waals surface area contributed by atoms with Crippen molar-refractivity contribution in [1.29, 1.82) is 0 Å². The Morgan fingerprint density at radius 3 is 2.33 bits per heavy atom. The van der Waals surface area contributed by atoms with Gasteiger partial charge in [0.25, 0.3) is 0 Å². The summed E-state index contributed by atoms with van der Waals surface area (Å²) in [5.41, 5.74) is 1.92. The minimum Gasteiger partial charge on any atom is -0.457 e. The lowest BCUT2D eigenvalue weighted by Crippen LogP contribution is -2.36. The smallest absolute Gasteiger partial charge is 0.313 e. The van der Waals surface area contributed by atoms with Crippen LogP contribution in [0.2, 0.25) is 0 Å². The van der Waals surface area contributed by atoms with Gasteiger partial charge in [0, 0.05) is 12.2 Å². The lowest BCUT2D eigenvalue weighted by molar-refractivity contribution is -0.136. The number of carbonyl (C=O) groups excluding carboxylic acids is 2. The first kappa shape index (κ1) is 18.7. The molecule has 5 nitrogen and oxygen atoms in total. The van der Waals surface area contributed by atoms with Gasteiger partial charge in [-0.05, 0) is 68.5 Å². The molecule has 2 aromatic rings. The first-order chi connectivity index (χ1) is 13.2. The van der Waals surface area contributed by atoms with E-state index in [1.165, 1.54) is 18.4 Å². The number of ether oxygens (including phenoxy) is 1. The van der Waals surface area contributed by atoms with E-state index in [4.69, 9.17) is 4.74 Å². The molecule has 0 fully saturated rings. The van der Waals surface area contributed by atoms with Gasteiger partial charge in [-0.15, -0.1) is 0 Å². The first-order valence-electron chi connectivity index (χ1n) is 9.31. The van der Waals surface area contributed by atoms with Gasteiger partial charge < -0.3 is 15.4 Å². The Morgan fingerprint density at radius 1 is 0.889 bits per heavy atom. The molecule has 0 aromatic heterocycles. The molecular weight excluding hydrogens is 340 g/mol. The number of benzene rings is 2. The summed E-state index contributed by atoms with van der Waals surface area (Å²) < 4.78 is 5.70. The van der Waals surface area contributed by atoms with Crippen LogP contribution >= 0.6 is 0 Å². The largest absolute Gasteiger partial charge is 0.457 e. The highest BCUT2D eigenvalue weighted by atomic mass is 16.5. The van der Waals surface area contributed by atoms with Crippen molar-refractivity contribution < 1.29 is 14.3 Å². The van der Waals surface area contributed by atoms with Crippen LogP contribution in [-0.2, 0) is 9.59 Å². The summed E-state index contributed by atoms with van der Waals surface area (Å²) >= 11 is 0. The first-order valence-corrected chi connectivity index (χ1v) is 9.31. The van der Waals surface area contributed by atoms with E-state index in [0.29, 0.717) is 18.0 Å². The van der Waals surface area contributed by atoms with Crippen LogP contribution in [0.5, 0.6) is 11.5 Å². The van der Waals surface area contributed by atoms with Gasteiger partial charge in [0.15, 0.2) is 0 Å². The van der Waals surface area contributed by atoms with E-state index in [-0.39, 0.29) is 0 Å². The summed E-state index contributed by atoms with van der Waals surface area (Å²) in [6.07, 6.45) is 7.73. The van der Waals surface area contributed by atoms with E-state index >= 15 is 0 Å². The van der Waals surface area contributed by atoms with Crippen LogP contribution in [0.25, 0.3) is 0 Å².